The molecule has 0 fully saturated rings. The van der Waals surface area contributed by atoms with Gasteiger partial charge in [0, 0.05) is 23.0 Å². The molecule has 2 aromatic rings. The fraction of sp³-hybridized carbons (Fsp3) is 0.333. The van der Waals surface area contributed by atoms with Crippen LogP contribution in [-0.2, 0) is 10.0 Å². The fourth-order valence-corrected chi connectivity index (χ4v) is 3.48. The van der Waals surface area contributed by atoms with Gasteiger partial charge in [-0.15, -0.1) is 0 Å². The van der Waals surface area contributed by atoms with Crippen LogP contribution >= 0.6 is 11.6 Å². The van der Waals surface area contributed by atoms with E-state index < -0.39 is 15.6 Å². The summed E-state index contributed by atoms with van der Waals surface area (Å²) in [5.74, 6) is 0.531. The Morgan fingerprint density at radius 1 is 1.22 bits per heavy atom. The Bertz CT molecular complexity index is 816. The number of hydrogen-bond acceptors (Lipinski definition) is 5. The molecule has 8 heteroatoms. The minimum atomic E-state index is -3.60. The van der Waals surface area contributed by atoms with E-state index in [1.165, 1.54) is 0 Å². The maximum absolute atomic E-state index is 12.4. The highest BCUT2D eigenvalue weighted by Crippen LogP contribution is 2.22. The van der Waals surface area contributed by atoms with Crippen LogP contribution < -0.4 is 10.0 Å². The number of hydrogen-bond donors (Lipinski definition) is 2. The largest absolute Gasteiger partial charge is 0.340 e. The number of aryl methyl sites for hydroxylation is 1. The molecule has 0 spiro atoms. The van der Waals surface area contributed by atoms with Crippen molar-refractivity contribution < 1.29 is 8.42 Å². The fourth-order valence-electron chi connectivity index (χ4n) is 1.89. The molecular formula is C15H19ClN4O2S. The molecular weight excluding hydrogens is 336 g/mol. The minimum Gasteiger partial charge on any atom is -0.340 e. The SMILES string of the molecule is Cc1cnc(Cl)nc1Nc1cccc(S(=O)(=O)NC(C)(C)C)c1. The van der Waals surface area contributed by atoms with Crippen LogP contribution in [0.5, 0.6) is 0 Å². The summed E-state index contributed by atoms with van der Waals surface area (Å²) < 4.78 is 27.4. The number of benzene rings is 1. The number of halogens is 1. The summed E-state index contributed by atoms with van der Waals surface area (Å²) in [5, 5.41) is 3.18. The van der Waals surface area contributed by atoms with E-state index in [2.05, 4.69) is 20.0 Å². The molecule has 0 aliphatic rings. The third-order valence-electron chi connectivity index (χ3n) is 2.79. The molecule has 2 rings (SSSR count). The lowest BCUT2D eigenvalue weighted by Gasteiger charge is -2.20. The van der Waals surface area contributed by atoms with E-state index in [0.29, 0.717) is 11.5 Å². The maximum Gasteiger partial charge on any atom is 0.241 e. The van der Waals surface area contributed by atoms with Crippen LogP contribution in [0.25, 0.3) is 0 Å². The Morgan fingerprint density at radius 3 is 2.57 bits per heavy atom. The number of aromatic nitrogens is 2. The Morgan fingerprint density at radius 2 is 1.91 bits per heavy atom. The highest BCUT2D eigenvalue weighted by atomic mass is 35.5. The number of nitrogens with zero attached hydrogens (tertiary/aromatic N) is 2. The molecule has 0 amide bonds. The van der Waals surface area contributed by atoms with Crippen molar-refractivity contribution in [3.63, 3.8) is 0 Å². The summed E-state index contributed by atoms with van der Waals surface area (Å²) in [7, 11) is -3.60. The summed E-state index contributed by atoms with van der Waals surface area (Å²) >= 11 is 5.79. The molecule has 1 aromatic carbocycles. The molecule has 0 aliphatic heterocycles. The minimum absolute atomic E-state index is 0.122. The molecule has 0 bridgehead atoms. The van der Waals surface area contributed by atoms with Gasteiger partial charge < -0.3 is 5.32 Å². The van der Waals surface area contributed by atoms with E-state index in [0.717, 1.165) is 5.56 Å². The Hall–Kier alpha value is -1.70. The van der Waals surface area contributed by atoms with Gasteiger partial charge in [-0.3, -0.25) is 0 Å². The monoisotopic (exact) mass is 354 g/mol. The first-order valence-electron chi connectivity index (χ1n) is 6.97. The second kappa shape index (κ2) is 6.43. The molecule has 1 heterocycles. The van der Waals surface area contributed by atoms with E-state index in [4.69, 9.17) is 11.6 Å². The molecule has 0 saturated carbocycles. The van der Waals surface area contributed by atoms with Gasteiger partial charge in [0.15, 0.2) is 0 Å². The molecule has 0 saturated heterocycles. The van der Waals surface area contributed by atoms with Crippen LogP contribution in [0.4, 0.5) is 11.5 Å². The first kappa shape index (κ1) is 17.7. The predicted molar refractivity (Wildman–Crippen MR) is 91.6 cm³/mol. The summed E-state index contributed by atoms with van der Waals surface area (Å²) in [5.41, 5.74) is 0.842. The van der Waals surface area contributed by atoms with Gasteiger partial charge >= 0.3 is 0 Å². The Balaban J connectivity index is 2.32. The van der Waals surface area contributed by atoms with Crippen LogP contribution in [0.2, 0.25) is 5.28 Å². The Kier molecular flexibility index (Phi) is 4.93. The average molecular weight is 355 g/mol. The summed E-state index contributed by atoms with van der Waals surface area (Å²) in [6, 6.07) is 6.51. The van der Waals surface area contributed by atoms with Crippen molar-refractivity contribution in [3.05, 3.63) is 41.3 Å². The van der Waals surface area contributed by atoms with Gasteiger partial charge in [0.25, 0.3) is 0 Å². The van der Waals surface area contributed by atoms with E-state index in [-0.39, 0.29) is 10.2 Å². The first-order chi connectivity index (χ1) is 10.6. The standard InChI is InChI=1S/C15H19ClN4O2S/c1-10-9-17-14(16)19-13(10)18-11-6-5-7-12(8-11)23(21,22)20-15(2,3)4/h5-9,20H,1-4H3,(H,17,18,19). The van der Waals surface area contributed by atoms with Crippen LogP contribution in [0.15, 0.2) is 35.4 Å². The van der Waals surface area contributed by atoms with Crippen LogP contribution in [0.1, 0.15) is 26.3 Å². The zero-order valence-electron chi connectivity index (χ0n) is 13.4. The molecule has 1 aromatic heterocycles. The molecule has 6 nitrogen and oxygen atoms in total. The highest BCUT2D eigenvalue weighted by Gasteiger charge is 2.22. The topological polar surface area (TPSA) is 84.0 Å². The molecule has 124 valence electrons. The lowest BCUT2D eigenvalue weighted by Crippen LogP contribution is -2.40. The van der Waals surface area contributed by atoms with Crippen molar-refractivity contribution in [2.24, 2.45) is 0 Å². The second-order valence-corrected chi connectivity index (χ2v) is 8.20. The molecule has 0 unspecified atom stereocenters. The van der Waals surface area contributed by atoms with Crippen molar-refractivity contribution in [2.75, 3.05) is 5.32 Å². The number of anilines is 2. The Labute approximate surface area is 141 Å². The van der Waals surface area contributed by atoms with Crippen molar-refractivity contribution >= 4 is 33.1 Å². The molecule has 0 aliphatic carbocycles. The van der Waals surface area contributed by atoms with Crippen molar-refractivity contribution in [3.8, 4) is 0 Å². The second-order valence-electron chi connectivity index (χ2n) is 6.18. The number of rotatable bonds is 4. The van der Waals surface area contributed by atoms with Gasteiger partial charge in [0.1, 0.15) is 5.82 Å². The van der Waals surface area contributed by atoms with Crippen molar-refractivity contribution in [1.29, 1.82) is 0 Å². The van der Waals surface area contributed by atoms with Gasteiger partial charge in [-0.05, 0) is 57.5 Å². The zero-order chi connectivity index (χ0) is 17.3. The van der Waals surface area contributed by atoms with Gasteiger partial charge in [-0.1, -0.05) is 6.07 Å². The molecule has 0 radical (unpaired) electrons. The van der Waals surface area contributed by atoms with Gasteiger partial charge in [0.05, 0.1) is 4.90 Å². The van der Waals surface area contributed by atoms with Crippen molar-refractivity contribution in [1.82, 2.24) is 14.7 Å². The van der Waals surface area contributed by atoms with Gasteiger partial charge in [-0.25, -0.2) is 23.1 Å². The quantitative estimate of drug-likeness (QED) is 0.823. The third-order valence-corrected chi connectivity index (χ3v) is 4.73. The number of nitrogens with one attached hydrogen (secondary N) is 2. The van der Waals surface area contributed by atoms with Crippen LogP contribution in [0.3, 0.4) is 0 Å². The van der Waals surface area contributed by atoms with Gasteiger partial charge in [-0.2, -0.15) is 0 Å². The first-order valence-corrected chi connectivity index (χ1v) is 8.83. The van der Waals surface area contributed by atoms with Gasteiger partial charge in [0.2, 0.25) is 15.3 Å². The lowest BCUT2D eigenvalue weighted by atomic mass is 10.1. The normalized spacial score (nSPS) is 12.2. The molecule has 23 heavy (non-hydrogen) atoms. The van der Waals surface area contributed by atoms with Crippen LogP contribution in [0, 0.1) is 6.92 Å². The summed E-state index contributed by atoms with van der Waals surface area (Å²) in [4.78, 5) is 8.16. The van der Waals surface area contributed by atoms with E-state index in [9.17, 15) is 8.42 Å². The molecule has 2 N–H and O–H groups in total. The maximum atomic E-state index is 12.4. The molecule has 0 atom stereocenters. The smallest absolute Gasteiger partial charge is 0.241 e. The van der Waals surface area contributed by atoms with E-state index >= 15 is 0 Å². The van der Waals surface area contributed by atoms with E-state index in [1.54, 1.807) is 51.2 Å². The highest BCUT2D eigenvalue weighted by molar-refractivity contribution is 7.89. The average Bonchev–Trinajstić information content (AvgIpc) is 2.41. The number of sulfonamides is 1. The zero-order valence-corrected chi connectivity index (χ0v) is 15.0. The van der Waals surface area contributed by atoms with Crippen LogP contribution in [-0.4, -0.2) is 23.9 Å². The lowest BCUT2D eigenvalue weighted by molar-refractivity contribution is 0.491. The van der Waals surface area contributed by atoms with Crippen molar-refractivity contribution in [2.45, 2.75) is 38.1 Å². The summed E-state index contributed by atoms with van der Waals surface area (Å²) in [6.45, 7) is 7.21. The predicted octanol–water partition coefficient (Wildman–Crippen LogP) is 3.26. The summed E-state index contributed by atoms with van der Waals surface area (Å²) in [6.07, 6.45) is 1.60. The third kappa shape index (κ3) is 4.89. The van der Waals surface area contributed by atoms with E-state index in [1.807, 2.05) is 6.92 Å².